The highest BCUT2D eigenvalue weighted by atomic mass is 16.7. The van der Waals surface area contributed by atoms with E-state index in [1.807, 2.05) is 18.2 Å². The Morgan fingerprint density at radius 2 is 2.00 bits per heavy atom. The molecule has 64 valence electrons. The molecule has 1 atom stereocenters. The second-order valence-electron chi connectivity index (χ2n) is 3.01. The van der Waals surface area contributed by atoms with Gasteiger partial charge < -0.3 is 14.6 Å². The summed E-state index contributed by atoms with van der Waals surface area (Å²) >= 11 is 0. The molecule has 1 N–H and O–H groups in total. The molecule has 1 aliphatic heterocycles. The molecule has 3 heteroatoms. The zero-order valence-corrected chi connectivity index (χ0v) is 6.78. The molecule has 1 unspecified atom stereocenters. The molecule has 2 rings (SSSR count). The first kappa shape index (κ1) is 7.43. The van der Waals surface area contributed by atoms with E-state index in [1.54, 1.807) is 13.0 Å². The highest BCUT2D eigenvalue weighted by Gasteiger charge is 2.29. The van der Waals surface area contributed by atoms with Gasteiger partial charge in [0, 0.05) is 6.92 Å². The maximum atomic E-state index is 9.47. The van der Waals surface area contributed by atoms with Crippen LogP contribution in [0.3, 0.4) is 0 Å². The standard InChI is InChI=1S/C9H10O3/c1-9(10)6-11-7-4-2-3-5-8(7)12-9/h2-5,10H,6H2,1H3. The molecular weight excluding hydrogens is 156 g/mol. The lowest BCUT2D eigenvalue weighted by Crippen LogP contribution is -2.41. The van der Waals surface area contributed by atoms with Crippen molar-refractivity contribution in [1.82, 2.24) is 0 Å². The van der Waals surface area contributed by atoms with E-state index in [1.165, 1.54) is 0 Å². The SMILES string of the molecule is CC1(O)COc2ccccc2O1. The Labute approximate surface area is 70.5 Å². The van der Waals surface area contributed by atoms with Crippen LogP contribution in [0.4, 0.5) is 0 Å². The minimum atomic E-state index is -1.20. The van der Waals surface area contributed by atoms with Crippen molar-refractivity contribution < 1.29 is 14.6 Å². The van der Waals surface area contributed by atoms with Gasteiger partial charge in [0.2, 0.25) is 5.79 Å². The first-order chi connectivity index (χ1) is 5.67. The first-order valence-corrected chi connectivity index (χ1v) is 3.81. The zero-order valence-electron chi connectivity index (χ0n) is 6.78. The number of fused-ring (bicyclic) bond motifs is 1. The summed E-state index contributed by atoms with van der Waals surface area (Å²) in [7, 11) is 0. The van der Waals surface area contributed by atoms with Crippen LogP contribution < -0.4 is 9.47 Å². The maximum absolute atomic E-state index is 9.47. The van der Waals surface area contributed by atoms with Gasteiger partial charge in [-0.1, -0.05) is 12.1 Å². The summed E-state index contributed by atoms with van der Waals surface area (Å²) < 4.78 is 10.5. The summed E-state index contributed by atoms with van der Waals surface area (Å²) in [5, 5.41) is 9.47. The van der Waals surface area contributed by atoms with Crippen LogP contribution in [0.1, 0.15) is 6.92 Å². The molecule has 1 aromatic rings. The number of hydrogen-bond donors (Lipinski definition) is 1. The summed E-state index contributed by atoms with van der Waals surface area (Å²) in [5.41, 5.74) is 0. The van der Waals surface area contributed by atoms with Gasteiger partial charge in [-0.2, -0.15) is 0 Å². The third-order valence-electron chi connectivity index (χ3n) is 1.67. The average Bonchev–Trinajstić information content (AvgIpc) is 2.02. The number of aliphatic hydroxyl groups is 1. The number of rotatable bonds is 0. The van der Waals surface area contributed by atoms with Crippen LogP contribution in [0.2, 0.25) is 0 Å². The largest absolute Gasteiger partial charge is 0.483 e. The molecular formula is C9H10O3. The number of hydrogen-bond acceptors (Lipinski definition) is 3. The van der Waals surface area contributed by atoms with Gasteiger partial charge in [-0.3, -0.25) is 0 Å². The molecule has 0 saturated carbocycles. The minimum Gasteiger partial charge on any atom is -0.483 e. The van der Waals surface area contributed by atoms with Gasteiger partial charge in [0.15, 0.2) is 18.1 Å². The molecule has 1 aromatic carbocycles. The average molecular weight is 166 g/mol. The van der Waals surface area contributed by atoms with Crippen LogP contribution in [0.5, 0.6) is 11.5 Å². The number of para-hydroxylation sites is 2. The third kappa shape index (κ3) is 1.23. The fourth-order valence-corrected chi connectivity index (χ4v) is 1.13. The first-order valence-electron chi connectivity index (χ1n) is 3.81. The van der Waals surface area contributed by atoms with Crippen LogP contribution >= 0.6 is 0 Å². The van der Waals surface area contributed by atoms with Crippen molar-refractivity contribution in [1.29, 1.82) is 0 Å². The molecule has 1 aliphatic rings. The summed E-state index contributed by atoms with van der Waals surface area (Å²) in [5.74, 6) is 0.0757. The second-order valence-corrected chi connectivity index (χ2v) is 3.01. The minimum absolute atomic E-state index is 0.171. The van der Waals surface area contributed by atoms with Crippen LogP contribution in [0.25, 0.3) is 0 Å². The van der Waals surface area contributed by atoms with Gasteiger partial charge in [0.1, 0.15) is 0 Å². The molecule has 0 amide bonds. The highest BCUT2D eigenvalue weighted by Crippen LogP contribution is 2.33. The molecule has 0 saturated heterocycles. The van der Waals surface area contributed by atoms with E-state index < -0.39 is 5.79 Å². The van der Waals surface area contributed by atoms with Crippen LogP contribution in [-0.2, 0) is 0 Å². The van der Waals surface area contributed by atoms with E-state index >= 15 is 0 Å². The van der Waals surface area contributed by atoms with Crippen LogP contribution in [0.15, 0.2) is 24.3 Å². The van der Waals surface area contributed by atoms with Crippen molar-refractivity contribution >= 4 is 0 Å². The summed E-state index contributed by atoms with van der Waals surface area (Å²) in [6, 6.07) is 7.28. The second kappa shape index (κ2) is 2.38. The molecule has 1 heterocycles. The Morgan fingerprint density at radius 1 is 1.33 bits per heavy atom. The van der Waals surface area contributed by atoms with Crippen molar-refractivity contribution in [3.8, 4) is 11.5 Å². The molecule has 0 fully saturated rings. The van der Waals surface area contributed by atoms with Crippen molar-refractivity contribution in [2.24, 2.45) is 0 Å². The molecule has 0 aromatic heterocycles. The normalized spacial score (nSPS) is 26.8. The Balaban J connectivity index is 2.35. The van der Waals surface area contributed by atoms with Gasteiger partial charge in [-0.05, 0) is 12.1 Å². The fraction of sp³-hybridized carbons (Fsp3) is 0.333. The lowest BCUT2D eigenvalue weighted by atomic mass is 10.2. The lowest BCUT2D eigenvalue weighted by Gasteiger charge is -2.30. The lowest BCUT2D eigenvalue weighted by molar-refractivity contribution is -0.159. The van der Waals surface area contributed by atoms with Gasteiger partial charge in [0.25, 0.3) is 0 Å². The number of ether oxygens (including phenoxy) is 2. The monoisotopic (exact) mass is 166 g/mol. The van der Waals surface area contributed by atoms with Crippen LogP contribution in [0, 0.1) is 0 Å². The summed E-state index contributed by atoms with van der Waals surface area (Å²) in [6.07, 6.45) is 0. The molecule has 0 aliphatic carbocycles. The summed E-state index contributed by atoms with van der Waals surface area (Å²) in [4.78, 5) is 0. The van der Waals surface area contributed by atoms with Gasteiger partial charge in [0.05, 0.1) is 0 Å². The number of benzene rings is 1. The van der Waals surface area contributed by atoms with Gasteiger partial charge in [-0.25, -0.2) is 0 Å². The Morgan fingerprint density at radius 3 is 2.75 bits per heavy atom. The molecule has 12 heavy (non-hydrogen) atoms. The van der Waals surface area contributed by atoms with E-state index in [0.717, 1.165) is 0 Å². The van der Waals surface area contributed by atoms with Crippen LogP contribution in [-0.4, -0.2) is 17.5 Å². The van der Waals surface area contributed by atoms with E-state index in [9.17, 15) is 5.11 Å². The van der Waals surface area contributed by atoms with E-state index in [2.05, 4.69) is 0 Å². The topological polar surface area (TPSA) is 38.7 Å². The molecule has 0 bridgehead atoms. The Kier molecular flexibility index (Phi) is 1.48. The van der Waals surface area contributed by atoms with E-state index in [0.29, 0.717) is 11.5 Å². The van der Waals surface area contributed by atoms with E-state index in [-0.39, 0.29) is 6.61 Å². The zero-order chi connectivity index (χ0) is 8.60. The molecule has 0 spiro atoms. The quantitative estimate of drug-likeness (QED) is 0.628. The predicted molar refractivity (Wildman–Crippen MR) is 43.2 cm³/mol. The smallest absolute Gasteiger partial charge is 0.239 e. The Hall–Kier alpha value is -1.22. The molecule has 3 nitrogen and oxygen atoms in total. The third-order valence-corrected chi connectivity index (χ3v) is 1.67. The van der Waals surface area contributed by atoms with Crippen molar-refractivity contribution in [2.45, 2.75) is 12.7 Å². The molecule has 0 radical (unpaired) electrons. The van der Waals surface area contributed by atoms with E-state index in [4.69, 9.17) is 9.47 Å². The maximum Gasteiger partial charge on any atom is 0.239 e. The highest BCUT2D eigenvalue weighted by molar-refractivity contribution is 5.40. The van der Waals surface area contributed by atoms with Crippen molar-refractivity contribution in [2.75, 3.05) is 6.61 Å². The predicted octanol–water partition coefficient (Wildman–Crippen LogP) is 1.17. The van der Waals surface area contributed by atoms with Crippen molar-refractivity contribution in [3.05, 3.63) is 24.3 Å². The van der Waals surface area contributed by atoms with Crippen molar-refractivity contribution in [3.63, 3.8) is 0 Å². The fourth-order valence-electron chi connectivity index (χ4n) is 1.13. The van der Waals surface area contributed by atoms with Gasteiger partial charge >= 0.3 is 0 Å². The summed E-state index contributed by atoms with van der Waals surface area (Å²) in [6.45, 7) is 1.74. The van der Waals surface area contributed by atoms with Gasteiger partial charge in [-0.15, -0.1) is 0 Å². The Bertz CT molecular complexity index is 294.